The highest BCUT2D eigenvalue weighted by molar-refractivity contribution is 5.95. The fourth-order valence-corrected chi connectivity index (χ4v) is 2.50. The Morgan fingerprint density at radius 2 is 1.83 bits per heavy atom. The topological polar surface area (TPSA) is 38.1 Å². The van der Waals surface area contributed by atoms with Crippen LogP contribution in [-0.2, 0) is 6.18 Å². The number of hydrogen-bond donors (Lipinski definition) is 0. The zero-order chi connectivity index (χ0) is 18.1. The van der Waals surface area contributed by atoms with Crippen molar-refractivity contribution in [1.82, 2.24) is 14.7 Å². The van der Waals surface area contributed by atoms with Gasteiger partial charge >= 0.3 is 6.18 Å². The number of carbonyl (C=O) groups excluding carboxylic acids is 1. The molecular formula is C17H20F3N3O. The summed E-state index contributed by atoms with van der Waals surface area (Å²) in [6, 6.07) is 6.49. The highest BCUT2D eigenvalue weighted by atomic mass is 19.4. The molecule has 0 unspecified atom stereocenters. The van der Waals surface area contributed by atoms with Gasteiger partial charge in [-0.3, -0.25) is 4.79 Å². The maximum Gasteiger partial charge on any atom is 0.434 e. The highest BCUT2D eigenvalue weighted by Gasteiger charge is 2.41. The van der Waals surface area contributed by atoms with Crippen molar-refractivity contribution in [3.8, 4) is 5.69 Å². The molecule has 2 aromatic rings. The second-order valence-corrected chi connectivity index (χ2v) is 6.23. The van der Waals surface area contributed by atoms with Crippen molar-refractivity contribution >= 4 is 5.91 Å². The summed E-state index contributed by atoms with van der Waals surface area (Å²) in [6.45, 7) is 5.99. The fourth-order valence-electron chi connectivity index (χ4n) is 2.50. The van der Waals surface area contributed by atoms with E-state index in [2.05, 4.69) is 5.10 Å². The van der Waals surface area contributed by atoms with Crippen LogP contribution in [-0.4, -0.2) is 34.2 Å². The minimum atomic E-state index is -4.69. The van der Waals surface area contributed by atoms with Crippen LogP contribution in [0.5, 0.6) is 0 Å². The van der Waals surface area contributed by atoms with Gasteiger partial charge in [0.2, 0.25) is 0 Å². The molecule has 0 aliphatic heterocycles. The van der Waals surface area contributed by atoms with E-state index >= 15 is 0 Å². The summed E-state index contributed by atoms with van der Waals surface area (Å²) in [4.78, 5) is 13.7. The third-order valence-corrected chi connectivity index (χ3v) is 3.53. The van der Waals surface area contributed by atoms with Crippen LogP contribution in [0.4, 0.5) is 13.2 Å². The largest absolute Gasteiger partial charge is 0.434 e. The molecule has 0 aliphatic rings. The molecule has 0 saturated heterocycles. The molecule has 1 aromatic carbocycles. The molecule has 0 aliphatic carbocycles. The molecule has 1 aromatic heterocycles. The van der Waals surface area contributed by atoms with Gasteiger partial charge in [-0.2, -0.15) is 18.3 Å². The van der Waals surface area contributed by atoms with Crippen LogP contribution in [0.15, 0.2) is 30.5 Å². The normalized spacial score (nSPS) is 11.8. The number of aryl methyl sites for hydroxylation is 1. The van der Waals surface area contributed by atoms with Gasteiger partial charge in [0, 0.05) is 13.6 Å². The van der Waals surface area contributed by atoms with Gasteiger partial charge < -0.3 is 4.90 Å². The number of aromatic nitrogens is 2. The lowest BCUT2D eigenvalue weighted by atomic mass is 10.1. The molecule has 0 N–H and O–H groups in total. The van der Waals surface area contributed by atoms with Gasteiger partial charge in [-0.05, 0) is 25.0 Å². The van der Waals surface area contributed by atoms with Gasteiger partial charge in [0.05, 0.1) is 17.4 Å². The summed E-state index contributed by atoms with van der Waals surface area (Å²) in [5.74, 6) is -0.533. The minimum absolute atomic E-state index is 0.153. The lowest BCUT2D eigenvalue weighted by Crippen LogP contribution is -2.32. The van der Waals surface area contributed by atoms with E-state index in [1.54, 1.807) is 24.3 Å². The molecule has 24 heavy (non-hydrogen) atoms. The van der Waals surface area contributed by atoms with Crippen LogP contribution >= 0.6 is 0 Å². The van der Waals surface area contributed by atoms with E-state index in [0.29, 0.717) is 6.54 Å². The number of hydrogen-bond acceptors (Lipinski definition) is 2. The predicted octanol–water partition coefficient (Wildman–Crippen LogP) is 3.93. The number of halogens is 3. The summed E-state index contributed by atoms with van der Waals surface area (Å²) in [5.41, 5.74) is -0.302. The molecule has 0 fully saturated rings. The zero-order valence-electron chi connectivity index (χ0n) is 14.1. The van der Waals surface area contributed by atoms with Gasteiger partial charge in [-0.25, -0.2) is 4.68 Å². The number of benzene rings is 1. The van der Waals surface area contributed by atoms with Crippen LogP contribution in [0.2, 0.25) is 0 Å². The summed E-state index contributed by atoms with van der Waals surface area (Å²) >= 11 is 0. The monoisotopic (exact) mass is 339 g/mol. The van der Waals surface area contributed by atoms with Gasteiger partial charge in [0.25, 0.3) is 5.91 Å². The Hall–Kier alpha value is -2.31. The summed E-state index contributed by atoms with van der Waals surface area (Å²) < 4.78 is 41.5. The first kappa shape index (κ1) is 18.0. The van der Waals surface area contributed by atoms with Crippen LogP contribution in [0, 0.1) is 12.8 Å². The van der Waals surface area contributed by atoms with Crippen molar-refractivity contribution in [1.29, 1.82) is 0 Å². The number of amides is 1. The maximum atomic E-state index is 13.6. The average molecular weight is 339 g/mol. The van der Waals surface area contributed by atoms with E-state index in [0.717, 1.165) is 16.4 Å². The highest BCUT2D eigenvalue weighted by Crippen LogP contribution is 2.34. The molecule has 1 amide bonds. The molecule has 0 radical (unpaired) electrons. The molecule has 130 valence electrons. The Kier molecular flexibility index (Phi) is 5.01. The molecule has 0 bridgehead atoms. The molecule has 2 rings (SSSR count). The number of carbonyl (C=O) groups is 1. The molecule has 0 atom stereocenters. The summed E-state index contributed by atoms with van der Waals surface area (Å²) in [7, 11) is 1.49. The van der Waals surface area contributed by atoms with Crippen LogP contribution in [0.1, 0.15) is 35.5 Å². The van der Waals surface area contributed by atoms with Crippen LogP contribution < -0.4 is 0 Å². The molecule has 7 heteroatoms. The van der Waals surface area contributed by atoms with E-state index in [9.17, 15) is 18.0 Å². The van der Waals surface area contributed by atoms with Gasteiger partial charge in [-0.1, -0.05) is 31.5 Å². The van der Waals surface area contributed by atoms with E-state index < -0.39 is 23.3 Å². The van der Waals surface area contributed by atoms with Crippen LogP contribution in [0.25, 0.3) is 5.69 Å². The number of alkyl halides is 3. The first-order valence-corrected chi connectivity index (χ1v) is 7.59. The lowest BCUT2D eigenvalue weighted by molar-refractivity contribution is -0.143. The molecule has 0 saturated carbocycles. The SMILES string of the molecule is Cc1ccc(-n2ncc(C(=O)N(C)CC(C)C)c2C(F)(F)F)cc1. The van der Waals surface area contributed by atoms with Gasteiger partial charge in [0.15, 0.2) is 5.69 Å². The standard InChI is InChI=1S/C17H20F3N3O/c1-11(2)10-22(4)16(24)14-9-21-23(15(14)17(18,19)20)13-7-5-12(3)6-8-13/h5-9,11H,10H2,1-4H3. The van der Waals surface area contributed by atoms with E-state index in [1.807, 2.05) is 20.8 Å². The third kappa shape index (κ3) is 3.77. The second-order valence-electron chi connectivity index (χ2n) is 6.23. The number of rotatable bonds is 4. The molecule has 0 spiro atoms. The summed E-state index contributed by atoms with van der Waals surface area (Å²) in [6.07, 6.45) is -3.70. The summed E-state index contributed by atoms with van der Waals surface area (Å²) in [5, 5.41) is 3.81. The molecular weight excluding hydrogens is 319 g/mol. The van der Waals surface area contributed by atoms with Crippen LogP contribution in [0.3, 0.4) is 0 Å². The van der Waals surface area contributed by atoms with Crippen molar-refractivity contribution in [3.63, 3.8) is 0 Å². The van der Waals surface area contributed by atoms with Crippen molar-refractivity contribution in [2.45, 2.75) is 26.9 Å². The Morgan fingerprint density at radius 1 is 1.25 bits per heavy atom. The Morgan fingerprint density at radius 3 is 2.33 bits per heavy atom. The third-order valence-electron chi connectivity index (χ3n) is 3.53. The second kappa shape index (κ2) is 6.67. The quantitative estimate of drug-likeness (QED) is 0.846. The van der Waals surface area contributed by atoms with Crippen molar-refractivity contribution in [2.75, 3.05) is 13.6 Å². The Balaban J connectivity index is 2.51. The van der Waals surface area contributed by atoms with Crippen molar-refractivity contribution in [2.24, 2.45) is 5.92 Å². The first-order chi connectivity index (χ1) is 11.1. The van der Waals surface area contributed by atoms with E-state index in [-0.39, 0.29) is 11.6 Å². The zero-order valence-corrected chi connectivity index (χ0v) is 14.1. The fraction of sp³-hybridized carbons (Fsp3) is 0.412. The molecule has 1 heterocycles. The first-order valence-electron chi connectivity index (χ1n) is 7.59. The minimum Gasteiger partial charge on any atom is -0.341 e. The Bertz CT molecular complexity index is 718. The lowest BCUT2D eigenvalue weighted by Gasteiger charge is -2.20. The Labute approximate surface area is 138 Å². The van der Waals surface area contributed by atoms with E-state index in [1.165, 1.54) is 11.9 Å². The number of nitrogens with zero attached hydrogens (tertiary/aromatic N) is 3. The predicted molar refractivity (Wildman–Crippen MR) is 85.1 cm³/mol. The average Bonchev–Trinajstić information content (AvgIpc) is 2.91. The van der Waals surface area contributed by atoms with Crippen molar-refractivity contribution < 1.29 is 18.0 Å². The van der Waals surface area contributed by atoms with Gasteiger partial charge in [0.1, 0.15) is 0 Å². The smallest absolute Gasteiger partial charge is 0.341 e. The molecule has 4 nitrogen and oxygen atoms in total. The van der Waals surface area contributed by atoms with E-state index in [4.69, 9.17) is 0 Å². The maximum absolute atomic E-state index is 13.6. The van der Waals surface area contributed by atoms with Gasteiger partial charge in [-0.15, -0.1) is 0 Å². The van der Waals surface area contributed by atoms with Crippen molar-refractivity contribution in [3.05, 3.63) is 47.3 Å².